The first-order valence-electron chi connectivity index (χ1n) is 7.48. The molecule has 2 aliphatic heterocycles. The van der Waals surface area contributed by atoms with E-state index >= 15 is 0 Å². The molecule has 112 valence electrons. The summed E-state index contributed by atoms with van der Waals surface area (Å²) in [5.41, 5.74) is 2.09. The Morgan fingerprint density at radius 1 is 1.29 bits per heavy atom. The second-order valence-corrected chi connectivity index (χ2v) is 6.80. The zero-order chi connectivity index (χ0) is 14.7. The fraction of sp³-hybridized carbons (Fsp3) is 0.500. The van der Waals surface area contributed by atoms with Gasteiger partial charge in [0.1, 0.15) is 0 Å². The largest absolute Gasteiger partial charge is 0.341 e. The van der Waals surface area contributed by atoms with Crippen LogP contribution in [0.5, 0.6) is 0 Å². The quantitative estimate of drug-likeness (QED) is 0.931. The van der Waals surface area contributed by atoms with Crippen LogP contribution in [0.25, 0.3) is 0 Å². The maximum absolute atomic E-state index is 12.2. The van der Waals surface area contributed by atoms with Crippen molar-refractivity contribution in [1.29, 1.82) is 0 Å². The molecule has 1 fully saturated rings. The first kappa shape index (κ1) is 14.4. The third kappa shape index (κ3) is 3.40. The number of hydrogen-bond acceptors (Lipinski definition) is 3. The van der Waals surface area contributed by atoms with Gasteiger partial charge in [0.2, 0.25) is 11.8 Å². The number of benzene rings is 1. The van der Waals surface area contributed by atoms with Crippen molar-refractivity contribution in [3.8, 4) is 0 Å². The Hall–Kier alpha value is -1.49. The smallest absolute Gasteiger partial charge is 0.227 e. The average molecular weight is 304 g/mol. The van der Waals surface area contributed by atoms with Crippen molar-refractivity contribution < 1.29 is 9.59 Å². The Morgan fingerprint density at radius 2 is 2.05 bits per heavy atom. The number of nitrogens with one attached hydrogen (secondary N) is 1. The molecule has 1 N–H and O–H groups in total. The van der Waals surface area contributed by atoms with Crippen molar-refractivity contribution in [2.75, 3.05) is 29.9 Å². The molecule has 1 saturated heterocycles. The van der Waals surface area contributed by atoms with E-state index in [2.05, 4.69) is 5.32 Å². The van der Waals surface area contributed by atoms with Gasteiger partial charge in [-0.3, -0.25) is 9.59 Å². The monoisotopic (exact) mass is 304 g/mol. The number of nitrogens with zero attached hydrogens (tertiary/aromatic N) is 1. The molecule has 1 aromatic rings. The van der Waals surface area contributed by atoms with Gasteiger partial charge >= 0.3 is 0 Å². The van der Waals surface area contributed by atoms with Gasteiger partial charge in [-0.25, -0.2) is 0 Å². The van der Waals surface area contributed by atoms with Crippen molar-refractivity contribution >= 4 is 29.3 Å². The summed E-state index contributed by atoms with van der Waals surface area (Å²) in [5.74, 6) is 2.23. The minimum Gasteiger partial charge on any atom is -0.341 e. The number of fused-ring (bicyclic) bond motifs is 1. The van der Waals surface area contributed by atoms with Crippen molar-refractivity contribution in [2.45, 2.75) is 19.3 Å². The van der Waals surface area contributed by atoms with E-state index in [0.29, 0.717) is 12.8 Å². The maximum Gasteiger partial charge on any atom is 0.227 e. The second kappa shape index (κ2) is 6.52. The molecular formula is C16H20N2O2S. The summed E-state index contributed by atoms with van der Waals surface area (Å²) in [6.45, 7) is 1.70. The molecule has 1 atom stereocenters. The van der Waals surface area contributed by atoms with Gasteiger partial charge in [-0.05, 0) is 24.5 Å². The zero-order valence-electron chi connectivity index (χ0n) is 12.0. The third-order valence-corrected chi connectivity index (χ3v) is 5.13. The van der Waals surface area contributed by atoms with E-state index in [4.69, 9.17) is 0 Å². The molecule has 2 heterocycles. The van der Waals surface area contributed by atoms with E-state index < -0.39 is 0 Å². The van der Waals surface area contributed by atoms with Crippen LogP contribution < -0.4 is 5.32 Å². The topological polar surface area (TPSA) is 49.4 Å². The Bertz CT molecular complexity index is 541. The Kier molecular flexibility index (Phi) is 4.48. The van der Waals surface area contributed by atoms with Gasteiger partial charge in [0.15, 0.2) is 0 Å². The van der Waals surface area contributed by atoms with Crippen LogP contribution in [0.2, 0.25) is 0 Å². The zero-order valence-corrected chi connectivity index (χ0v) is 12.8. The molecule has 4 nitrogen and oxygen atoms in total. The maximum atomic E-state index is 12.2. The fourth-order valence-corrected chi connectivity index (χ4v) is 3.82. The molecule has 2 amide bonds. The van der Waals surface area contributed by atoms with Gasteiger partial charge < -0.3 is 10.2 Å². The fourth-order valence-electron chi connectivity index (χ4n) is 2.91. The second-order valence-electron chi connectivity index (χ2n) is 5.58. The van der Waals surface area contributed by atoms with Crippen LogP contribution in [0.3, 0.4) is 0 Å². The summed E-state index contributed by atoms with van der Waals surface area (Å²) in [7, 11) is 0. The number of amides is 2. The number of para-hydroxylation sites is 1. The van der Waals surface area contributed by atoms with Crippen molar-refractivity contribution in [1.82, 2.24) is 4.90 Å². The van der Waals surface area contributed by atoms with E-state index in [1.165, 1.54) is 5.56 Å². The molecule has 1 aromatic carbocycles. The molecule has 3 rings (SSSR count). The summed E-state index contributed by atoms with van der Waals surface area (Å²) in [4.78, 5) is 26.2. The SMILES string of the molecule is O=C1Nc2ccccc2C[C@@H]1CCC(=O)N1CCSCC1. The Morgan fingerprint density at radius 3 is 2.86 bits per heavy atom. The standard InChI is InChI=1S/C16H20N2O2S/c19-15(18-7-9-21-10-8-18)6-5-13-11-12-3-1-2-4-14(12)17-16(13)20/h1-4,13H,5-11H2,(H,17,20)/t13-/m0/s1. The Labute approximate surface area is 129 Å². The summed E-state index contributed by atoms with van der Waals surface area (Å²) in [6.07, 6.45) is 1.86. The molecule has 0 aromatic heterocycles. The van der Waals surface area contributed by atoms with Gasteiger partial charge in [0.25, 0.3) is 0 Å². The van der Waals surface area contributed by atoms with E-state index in [9.17, 15) is 9.59 Å². The van der Waals surface area contributed by atoms with Crippen LogP contribution in [0.1, 0.15) is 18.4 Å². The van der Waals surface area contributed by atoms with Crippen molar-refractivity contribution in [3.63, 3.8) is 0 Å². The van der Waals surface area contributed by atoms with Crippen molar-refractivity contribution in [2.24, 2.45) is 5.92 Å². The lowest BCUT2D eigenvalue weighted by atomic mass is 9.89. The Balaban J connectivity index is 1.56. The number of carbonyl (C=O) groups excluding carboxylic acids is 2. The molecule has 5 heteroatoms. The molecule has 2 aliphatic rings. The highest BCUT2D eigenvalue weighted by Gasteiger charge is 2.27. The highest BCUT2D eigenvalue weighted by molar-refractivity contribution is 7.99. The summed E-state index contributed by atoms with van der Waals surface area (Å²) in [6, 6.07) is 7.90. The van der Waals surface area contributed by atoms with Crippen molar-refractivity contribution in [3.05, 3.63) is 29.8 Å². The molecule has 0 saturated carbocycles. The minimum absolute atomic E-state index is 0.0516. The van der Waals surface area contributed by atoms with E-state index in [1.54, 1.807) is 0 Å². The lowest BCUT2D eigenvalue weighted by Gasteiger charge is -2.28. The lowest BCUT2D eigenvalue weighted by Crippen LogP contribution is -2.38. The number of carbonyl (C=O) groups is 2. The highest BCUT2D eigenvalue weighted by Crippen LogP contribution is 2.27. The normalized spacial score (nSPS) is 21.6. The first-order valence-corrected chi connectivity index (χ1v) is 8.64. The summed E-state index contributed by atoms with van der Waals surface area (Å²) < 4.78 is 0. The van der Waals surface area contributed by atoms with E-state index in [-0.39, 0.29) is 17.7 Å². The van der Waals surface area contributed by atoms with Crippen LogP contribution in [0, 0.1) is 5.92 Å². The van der Waals surface area contributed by atoms with Gasteiger partial charge in [0, 0.05) is 42.6 Å². The van der Waals surface area contributed by atoms with Crippen LogP contribution in [0.15, 0.2) is 24.3 Å². The molecule has 0 bridgehead atoms. The molecule has 0 aliphatic carbocycles. The van der Waals surface area contributed by atoms with Gasteiger partial charge in [0.05, 0.1) is 0 Å². The van der Waals surface area contributed by atoms with Crippen LogP contribution in [-0.2, 0) is 16.0 Å². The minimum atomic E-state index is -0.0805. The average Bonchev–Trinajstić information content (AvgIpc) is 2.53. The lowest BCUT2D eigenvalue weighted by molar-refractivity contribution is -0.131. The van der Waals surface area contributed by atoms with E-state index in [0.717, 1.165) is 36.7 Å². The van der Waals surface area contributed by atoms with E-state index in [1.807, 2.05) is 40.9 Å². The third-order valence-electron chi connectivity index (χ3n) is 4.18. The molecule has 0 spiro atoms. The summed E-state index contributed by atoms with van der Waals surface area (Å²) >= 11 is 1.90. The van der Waals surface area contributed by atoms with Crippen LogP contribution >= 0.6 is 11.8 Å². The van der Waals surface area contributed by atoms with Gasteiger partial charge in [-0.2, -0.15) is 11.8 Å². The highest BCUT2D eigenvalue weighted by atomic mass is 32.2. The van der Waals surface area contributed by atoms with Crippen LogP contribution in [-0.4, -0.2) is 41.3 Å². The number of anilines is 1. The number of hydrogen-bond donors (Lipinski definition) is 1. The molecular weight excluding hydrogens is 284 g/mol. The molecule has 21 heavy (non-hydrogen) atoms. The first-order chi connectivity index (χ1) is 10.2. The number of rotatable bonds is 3. The van der Waals surface area contributed by atoms with Crippen LogP contribution in [0.4, 0.5) is 5.69 Å². The molecule has 0 radical (unpaired) electrons. The van der Waals surface area contributed by atoms with Gasteiger partial charge in [-0.1, -0.05) is 18.2 Å². The number of thioether (sulfide) groups is 1. The predicted molar refractivity (Wildman–Crippen MR) is 85.4 cm³/mol. The predicted octanol–water partition coefficient (Wildman–Crippen LogP) is 2.15. The van der Waals surface area contributed by atoms with Gasteiger partial charge in [-0.15, -0.1) is 0 Å². The molecule has 0 unspecified atom stereocenters. The summed E-state index contributed by atoms with van der Waals surface area (Å²) in [5, 5.41) is 2.95.